The van der Waals surface area contributed by atoms with E-state index in [1.807, 2.05) is 0 Å². The summed E-state index contributed by atoms with van der Waals surface area (Å²) in [4.78, 5) is 0. The molecular formula is C11H14N4O. The summed E-state index contributed by atoms with van der Waals surface area (Å²) < 4.78 is 5.38. The fourth-order valence-corrected chi connectivity index (χ4v) is 2.08. The number of hydrogen-bond acceptors (Lipinski definition) is 5. The van der Waals surface area contributed by atoms with Gasteiger partial charge in [-0.3, -0.25) is 0 Å². The van der Waals surface area contributed by atoms with Gasteiger partial charge in [0.2, 0.25) is 0 Å². The molecule has 5 nitrogen and oxygen atoms in total. The Balaban J connectivity index is 2.12. The Bertz CT molecular complexity index is 401. The number of methoxy groups -OCH3 is 1. The minimum Gasteiger partial charge on any atom is -0.379 e. The van der Waals surface area contributed by atoms with Gasteiger partial charge in [0.25, 0.3) is 0 Å². The van der Waals surface area contributed by atoms with Gasteiger partial charge < -0.3 is 10.1 Å². The molecule has 1 aliphatic carbocycles. The number of ether oxygens (including phenoxy) is 1. The Kier molecular flexibility index (Phi) is 3.32. The first kappa shape index (κ1) is 10.8. The zero-order chi connectivity index (χ0) is 11.4. The Hall–Kier alpha value is -1.67. The van der Waals surface area contributed by atoms with Gasteiger partial charge in [-0.05, 0) is 25.3 Å². The van der Waals surface area contributed by atoms with Gasteiger partial charge in [-0.2, -0.15) is 10.4 Å². The first-order valence-electron chi connectivity index (χ1n) is 5.36. The summed E-state index contributed by atoms with van der Waals surface area (Å²) in [7, 11) is 1.71. The van der Waals surface area contributed by atoms with E-state index in [0.29, 0.717) is 11.4 Å². The fourth-order valence-electron chi connectivity index (χ4n) is 2.08. The number of nitriles is 1. The molecule has 1 aliphatic rings. The highest BCUT2D eigenvalue weighted by Crippen LogP contribution is 2.25. The molecule has 0 saturated heterocycles. The Labute approximate surface area is 94.4 Å². The molecule has 2 unspecified atom stereocenters. The van der Waals surface area contributed by atoms with Gasteiger partial charge in [-0.15, -0.1) is 5.10 Å². The molecule has 1 aromatic rings. The molecule has 0 aliphatic heterocycles. The van der Waals surface area contributed by atoms with Crippen molar-refractivity contribution in [2.75, 3.05) is 12.4 Å². The van der Waals surface area contributed by atoms with E-state index in [1.165, 1.54) is 6.20 Å². The molecule has 0 radical (unpaired) electrons. The van der Waals surface area contributed by atoms with Crippen molar-refractivity contribution in [1.29, 1.82) is 5.26 Å². The highest BCUT2D eigenvalue weighted by Gasteiger charge is 2.27. The molecule has 1 aromatic heterocycles. The van der Waals surface area contributed by atoms with Crippen LogP contribution in [0.5, 0.6) is 0 Å². The zero-order valence-corrected chi connectivity index (χ0v) is 9.18. The van der Waals surface area contributed by atoms with E-state index in [4.69, 9.17) is 10.00 Å². The summed E-state index contributed by atoms with van der Waals surface area (Å²) >= 11 is 0. The number of nitrogens with zero attached hydrogens (tertiary/aromatic N) is 3. The quantitative estimate of drug-likeness (QED) is 0.828. The molecule has 1 saturated carbocycles. The van der Waals surface area contributed by atoms with E-state index in [1.54, 1.807) is 13.2 Å². The third kappa shape index (κ3) is 2.12. The molecule has 2 rings (SSSR count). The number of nitrogens with one attached hydrogen (secondary N) is 1. The predicted octanol–water partition coefficient (Wildman–Crippen LogP) is 1.33. The minimum atomic E-state index is 0.202. The molecule has 0 amide bonds. The van der Waals surface area contributed by atoms with Crippen molar-refractivity contribution in [3.8, 4) is 6.07 Å². The van der Waals surface area contributed by atoms with Crippen LogP contribution in [-0.2, 0) is 4.74 Å². The molecule has 0 bridgehead atoms. The van der Waals surface area contributed by atoms with Crippen molar-refractivity contribution < 1.29 is 4.74 Å². The van der Waals surface area contributed by atoms with Crippen molar-refractivity contribution in [2.24, 2.45) is 0 Å². The molecule has 2 atom stereocenters. The van der Waals surface area contributed by atoms with Crippen LogP contribution in [0.2, 0.25) is 0 Å². The summed E-state index contributed by atoms with van der Waals surface area (Å²) in [6.07, 6.45) is 4.95. The lowest BCUT2D eigenvalue weighted by Crippen LogP contribution is -2.30. The van der Waals surface area contributed by atoms with Crippen molar-refractivity contribution in [2.45, 2.75) is 31.4 Å². The molecular weight excluding hydrogens is 204 g/mol. The molecule has 0 spiro atoms. The smallest absolute Gasteiger partial charge is 0.166 e. The summed E-state index contributed by atoms with van der Waals surface area (Å²) in [5.41, 5.74) is 0.525. The van der Waals surface area contributed by atoms with Crippen LogP contribution in [-0.4, -0.2) is 29.5 Å². The molecule has 84 valence electrons. The van der Waals surface area contributed by atoms with Crippen molar-refractivity contribution in [3.05, 3.63) is 17.8 Å². The van der Waals surface area contributed by atoms with Gasteiger partial charge in [0.15, 0.2) is 5.82 Å². The lowest BCUT2D eigenvalue weighted by molar-refractivity contribution is 0.101. The molecule has 5 heteroatoms. The maximum Gasteiger partial charge on any atom is 0.166 e. The number of rotatable bonds is 3. The van der Waals surface area contributed by atoms with E-state index in [0.717, 1.165) is 19.3 Å². The van der Waals surface area contributed by atoms with Crippen LogP contribution in [0.15, 0.2) is 12.3 Å². The van der Waals surface area contributed by atoms with E-state index in [2.05, 4.69) is 21.6 Å². The second-order valence-electron chi connectivity index (χ2n) is 3.86. The Morgan fingerprint density at radius 1 is 1.56 bits per heavy atom. The van der Waals surface area contributed by atoms with Crippen LogP contribution >= 0.6 is 0 Å². The lowest BCUT2D eigenvalue weighted by atomic mass is 10.2. The van der Waals surface area contributed by atoms with Crippen LogP contribution in [0.25, 0.3) is 0 Å². The standard InChI is InChI=1S/C11H14N4O/c1-16-10-4-2-3-9(10)14-11-8(7-12)5-6-13-15-11/h5-6,9-10H,2-4H2,1H3,(H,14,15). The maximum absolute atomic E-state index is 8.93. The van der Waals surface area contributed by atoms with Crippen LogP contribution in [0.4, 0.5) is 5.82 Å². The number of hydrogen-bond donors (Lipinski definition) is 1. The second-order valence-corrected chi connectivity index (χ2v) is 3.86. The number of aromatic nitrogens is 2. The SMILES string of the molecule is COC1CCCC1Nc1nnccc1C#N. The molecule has 1 heterocycles. The highest BCUT2D eigenvalue weighted by molar-refractivity contribution is 5.51. The largest absolute Gasteiger partial charge is 0.379 e. The van der Waals surface area contributed by atoms with E-state index in [-0.39, 0.29) is 12.1 Å². The highest BCUT2D eigenvalue weighted by atomic mass is 16.5. The van der Waals surface area contributed by atoms with Crippen LogP contribution < -0.4 is 5.32 Å². The van der Waals surface area contributed by atoms with Gasteiger partial charge >= 0.3 is 0 Å². The van der Waals surface area contributed by atoms with Gasteiger partial charge in [-0.25, -0.2) is 0 Å². The molecule has 1 fully saturated rings. The lowest BCUT2D eigenvalue weighted by Gasteiger charge is -2.20. The average Bonchev–Trinajstić information content (AvgIpc) is 2.77. The van der Waals surface area contributed by atoms with E-state index in [9.17, 15) is 0 Å². The van der Waals surface area contributed by atoms with Crippen LogP contribution in [0, 0.1) is 11.3 Å². The Morgan fingerprint density at radius 3 is 3.19 bits per heavy atom. The summed E-state index contributed by atoms with van der Waals surface area (Å²) in [6.45, 7) is 0. The second kappa shape index (κ2) is 4.90. The minimum absolute atomic E-state index is 0.202. The summed E-state index contributed by atoms with van der Waals surface area (Å²) in [6, 6.07) is 3.99. The Morgan fingerprint density at radius 2 is 2.44 bits per heavy atom. The van der Waals surface area contributed by atoms with Crippen molar-refractivity contribution in [3.63, 3.8) is 0 Å². The normalized spacial score (nSPS) is 24.0. The first-order valence-corrected chi connectivity index (χ1v) is 5.36. The maximum atomic E-state index is 8.93. The predicted molar refractivity (Wildman–Crippen MR) is 58.8 cm³/mol. The van der Waals surface area contributed by atoms with Gasteiger partial charge in [0.05, 0.1) is 23.9 Å². The molecule has 0 aromatic carbocycles. The van der Waals surface area contributed by atoms with Crippen molar-refractivity contribution in [1.82, 2.24) is 10.2 Å². The van der Waals surface area contributed by atoms with E-state index >= 15 is 0 Å². The van der Waals surface area contributed by atoms with Gasteiger partial charge in [0, 0.05) is 7.11 Å². The summed E-state index contributed by atoms with van der Waals surface area (Å²) in [5.74, 6) is 0.555. The molecule has 1 N–H and O–H groups in total. The third-order valence-electron chi connectivity index (χ3n) is 2.92. The fraction of sp³-hybridized carbons (Fsp3) is 0.545. The third-order valence-corrected chi connectivity index (χ3v) is 2.92. The van der Waals surface area contributed by atoms with Gasteiger partial charge in [0.1, 0.15) is 6.07 Å². The van der Waals surface area contributed by atoms with Crippen molar-refractivity contribution >= 4 is 5.82 Å². The topological polar surface area (TPSA) is 70.8 Å². The monoisotopic (exact) mass is 218 g/mol. The number of anilines is 1. The van der Waals surface area contributed by atoms with E-state index < -0.39 is 0 Å². The van der Waals surface area contributed by atoms with Gasteiger partial charge in [-0.1, -0.05) is 0 Å². The summed E-state index contributed by atoms with van der Waals surface area (Å²) in [5, 5.41) is 19.9. The van der Waals surface area contributed by atoms with Crippen LogP contribution in [0.1, 0.15) is 24.8 Å². The zero-order valence-electron chi connectivity index (χ0n) is 9.18. The molecule has 16 heavy (non-hydrogen) atoms. The average molecular weight is 218 g/mol. The van der Waals surface area contributed by atoms with Crippen LogP contribution in [0.3, 0.4) is 0 Å². The first-order chi connectivity index (χ1) is 7.85.